The summed E-state index contributed by atoms with van der Waals surface area (Å²) < 4.78 is 8.37. The summed E-state index contributed by atoms with van der Waals surface area (Å²) in [5, 5.41) is 7.84. The van der Waals surface area contributed by atoms with E-state index in [2.05, 4.69) is 62.4 Å². The van der Waals surface area contributed by atoms with Crippen LogP contribution in [0.15, 0.2) is 42.7 Å². The van der Waals surface area contributed by atoms with E-state index in [9.17, 15) is 4.79 Å². The highest BCUT2D eigenvalue weighted by molar-refractivity contribution is 5.76. The van der Waals surface area contributed by atoms with Gasteiger partial charge in [-0.15, -0.1) is 0 Å². The van der Waals surface area contributed by atoms with Crippen molar-refractivity contribution in [3.05, 3.63) is 53.9 Å². The largest absolute Gasteiger partial charge is 0.373 e. The lowest BCUT2D eigenvalue weighted by Gasteiger charge is -2.53. The van der Waals surface area contributed by atoms with Gasteiger partial charge in [0, 0.05) is 31.5 Å². The molecule has 1 saturated heterocycles. The van der Waals surface area contributed by atoms with E-state index in [4.69, 9.17) is 4.74 Å². The number of ether oxygens (including phenoxy) is 1. The molecule has 2 heterocycles. The molecule has 0 unspecified atom stereocenters. The van der Waals surface area contributed by atoms with Crippen LogP contribution in [0.3, 0.4) is 0 Å². The Morgan fingerprint density at radius 2 is 2.06 bits per heavy atom. The van der Waals surface area contributed by atoms with Gasteiger partial charge in [-0.3, -0.25) is 9.48 Å². The van der Waals surface area contributed by atoms with Crippen LogP contribution in [0.2, 0.25) is 0 Å². The number of nitrogens with zero attached hydrogens (tertiary/aromatic N) is 2. The lowest BCUT2D eigenvalue weighted by Crippen LogP contribution is -2.59. The summed E-state index contributed by atoms with van der Waals surface area (Å²) in [5.41, 5.74) is 2.81. The second kappa shape index (κ2) is 8.02. The molecule has 0 radical (unpaired) electrons. The Labute approximate surface area is 191 Å². The number of benzene rings is 1. The molecular weight excluding hydrogens is 398 g/mol. The minimum absolute atomic E-state index is 0.119. The molecule has 1 spiro atoms. The molecule has 1 aromatic heterocycles. The summed E-state index contributed by atoms with van der Waals surface area (Å²) in [4.78, 5) is 12.8. The summed E-state index contributed by atoms with van der Waals surface area (Å²) in [5.74, 6) is 1.70. The summed E-state index contributed by atoms with van der Waals surface area (Å²) in [6, 6.07) is 11.1. The highest BCUT2D eigenvalue weighted by Crippen LogP contribution is 2.70. The van der Waals surface area contributed by atoms with Gasteiger partial charge in [-0.1, -0.05) is 52.0 Å². The van der Waals surface area contributed by atoms with Crippen LogP contribution in [0, 0.1) is 28.6 Å². The molecule has 32 heavy (non-hydrogen) atoms. The van der Waals surface area contributed by atoms with Crippen LogP contribution in [0.5, 0.6) is 0 Å². The fraction of sp³-hybridized carbons (Fsp3) is 0.630. The Morgan fingerprint density at radius 1 is 1.28 bits per heavy atom. The molecule has 2 aromatic rings. The first-order chi connectivity index (χ1) is 15.3. The molecule has 1 aromatic carbocycles. The van der Waals surface area contributed by atoms with E-state index in [1.165, 1.54) is 24.0 Å². The minimum atomic E-state index is 0.119. The molecule has 5 atom stereocenters. The fourth-order valence-electron chi connectivity index (χ4n) is 7.10. The zero-order valence-electron chi connectivity index (χ0n) is 19.9. The SMILES string of the molecule is CC(C)CC(=O)N[C@H]1C(C)(C)[C@@H]2C[C@@H]3[C@@H](c4ccc(Cn5cccn5)cc4)OCC[C@@]31C2. The molecular formula is C27H37N3O2. The van der Waals surface area contributed by atoms with E-state index < -0.39 is 0 Å². The third-order valence-electron chi connectivity index (χ3n) is 8.62. The van der Waals surface area contributed by atoms with Gasteiger partial charge in [0.25, 0.3) is 0 Å². The Hall–Kier alpha value is -2.14. The van der Waals surface area contributed by atoms with E-state index in [1.54, 1.807) is 0 Å². The van der Waals surface area contributed by atoms with E-state index in [0.29, 0.717) is 24.2 Å². The first-order valence-electron chi connectivity index (χ1n) is 12.3. The predicted molar refractivity (Wildman–Crippen MR) is 125 cm³/mol. The number of nitrogens with one attached hydrogen (secondary N) is 1. The maximum absolute atomic E-state index is 12.8. The van der Waals surface area contributed by atoms with Crippen molar-refractivity contribution >= 4 is 5.91 Å². The number of rotatable bonds is 6. The van der Waals surface area contributed by atoms with Gasteiger partial charge in [0.05, 0.1) is 12.6 Å². The number of hydrogen-bond acceptors (Lipinski definition) is 3. The maximum atomic E-state index is 12.8. The standard InChI is InChI=1S/C27H37N3O2/c1-18(2)14-23(31)29-25-26(3,4)21-15-22-24(32-13-10-27(22,25)16-21)20-8-6-19(7-9-20)17-30-12-5-11-28-30/h5-9,11-12,18,21-22,24-25H,10,13-17H2,1-4H3,(H,29,31)/t21-,22-,24-,25+,27-/m1/s1. The zero-order chi connectivity index (χ0) is 22.5. The number of amides is 1. The number of aromatic nitrogens is 2. The highest BCUT2D eigenvalue weighted by atomic mass is 16.5. The molecule has 1 aliphatic heterocycles. The fourth-order valence-corrected chi connectivity index (χ4v) is 7.10. The average molecular weight is 436 g/mol. The number of hydrogen-bond donors (Lipinski definition) is 1. The van der Waals surface area contributed by atoms with Crippen molar-refractivity contribution in [2.75, 3.05) is 6.61 Å². The van der Waals surface area contributed by atoms with Gasteiger partial charge in [-0.2, -0.15) is 5.10 Å². The molecule has 2 aliphatic carbocycles. The second-order valence-electron chi connectivity index (χ2n) is 11.4. The van der Waals surface area contributed by atoms with Crippen molar-refractivity contribution in [2.24, 2.45) is 28.6 Å². The first-order valence-corrected chi connectivity index (χ1v) is 12.3. The summed E-state index contributed by atoms with van der Waals surface area (Å²) in [7, 11) is 0. The first kappa shape index (κ1) is 21.7. The van der Waals surface area contributed by atoms with Gasteiger partial charge in [0.1, 0.15) is 0 Å². The molecule has 3 fully saturated rings. The Morgan fingerprint density at radius 3 is 2.75 bits per heavy atom. The van der Waals surface area contributed by atoms with Crippen LogP contribution in [0.1, 0.15) is 70.6 Å². The van der Waals surface area contributed by atoms with Crippen LogP contribution in [0.25, 0.3) is 0 Å². The quantitative estimate of drug-likeness (QED) is 0.696. The summed E-state index contributed by atoms with van der Waals surface area (Å²) >= 11 is 0. The van der Waals surface area contributed by atoms with Gasteiger partial charge in [0.2, 0.25) is 5.91 Å². The Kier molecular flexibility index (Phi) is 5.43. The molecule has 2 saturated carbocycles. The Bertz CT molecular complexity index is 950. The highest BCUT2D eigenvalue weighted by Gasteiger charge is 2.68. The predicted octanol–water partition coefficient (Wildman–Crippen LogP) is 4.98. The Balaban J connectivity index is 1.38. The van der Waals surface area contributed by atoms with Crippen LogP contribution in [0.4, 0.5) is 0 Å². The normalized spacial score (nSPS) is 32.8. The van der Waals surface area contributed by atoms with Crippen molar-refractivity contribution in [3.63, 3.8) is 0 Å². The van der Waals surface area contributed by atoms with Crippen molar-refractivity contribution in [3.8, 4) is 0 Å². The molecule has 1 amide bonds. The molecule has 5 heteroatoms. The third-order valence-corrected chi connectivity index (χ3v) is 8.62. The molecule has 5 rings (SSSR count). The molecule has 3 aliphatic rings. The number of carbonyl (C=O) groups is 1. The maximum Gasteiger partial charge on any atom is 0.220 e. The minimum Gasteiger partial charge on any atom is -0.373 e. The van der Waals surface area contributed by atoms with Gasteiger partial charge >= 0.3 is 0 Å². The third kappa shape index (κ3) is 3.59. The van der Waals surface area contributed by atoms with E-state index in [0.717, 1.165) is 19.6 Å². The van der Waals surface area contributed by atoms with Crippen molar-refractivity contribution in [1.82, 2.24) is 15.1 Å². The van der Waals surface area contributed by atoms with Crippen LogP contribution in [-0.4, -0.2) is 28.3 Å². The number of fused-ring (bicyclic) bond motifs is 1. The van der Waals surface area contributed by atoms with Crippen LogP contribution in [-0.2, 0) is 16.1 Å². The van der Waals surface area contributed by atoms with E-state index in [-0.39, 0.29) is 28.9 Å². The monoisotopic (exact) mass is 435 g/mol. The zero-order valence-corrected chi connectivity index (χ0v) is 19.9. The average Bonchev–Trinajstić information content (AvgIpc) is 3.43. The van der Waals surface area contributed by atoms with Gasteiger partial charge in [-0.25, -0.2) is 0 Å². The topological polar surface area (TPSA) is 56.2 Å². The molecule has 2 bridgehead atoms. The van der Waals surface area contributed by atoms with Crippen molar-refractivity contribution < 1.29 is 9.53 Å². The molecule has 1 N–H and O–H groups in total. The lowest BCUT2D eigenvalue weighted by atomic mass is 9.58. The molecule has 172 valence electrons. The van der Waals surface area contributed by atoms with Crippen LogP contribution < -0.4 is 5.32 Å². The van der Waals surface area contributed by atoms with Crippen LogP contribution >= 0.6 is 0 Å². The smallest absolute Gasteiger partial charge is 0.220 e. The van der Waals surface area contributed by atoms with Crippen molar-refractivity contribution in [1.29, 1.82) is 0 Å². The van der Waals surface area contributed by atoms with Gasteiger partial charge in [0.15, 0.2) is 0 Å². The second-order valence-corrected chi connectivity index (χ2v) is 11.4. The van der Waals surface area contributed by atoms with E-state index in [1.807, 2.05) is 23.1 Å². The van der Waals surface area contributed by atoms with Gasteiger partial charge < -0.3 is 10.1 Å². The van der Waals surface area contributed by atoms with E-state index >= 15 is 0 Å². The van der Waals surface area contributed by atoms with Crippen molar-refractivity contribution in [2.45, 2.75) is 72.1 Å². The number of carbonyl (C=O) groups excluding carboxylic acids is 1. The molecule has 5 nitrogen and oxygen atoms in total. The summed E-state index contributed by atoms with van der Waals surface area (Å²) in [6.45, 7) is 10.5. The lowest BCUT2D eigenvalue weighted by molar-refractivity contribution is -0.137. The summed E-state index contributed by atoms with van der Waals surface area (Å²) in [6.07, 6.45) is 8.00. The van der Waals surface area contributed by atoms with Gasteiger partial charge in [-0.05, 0) is 65.0 Å².